The summed E-state index contributed by atoms with van der Waals surface area (Å²) in [6, 6.07) is 1.84. The number of aromatic nitrogens is 2. The number of nitrogens with zero attached hydrogens (tertiary/aromatic N) is 3. The number of hydrogen-bond acceptors (Lipinski definition) is 4. The van der Waals surface area contributed by atoms with Crippen LogP contribution in [0.15, 0.2) is 12.3 Å². The highest BCUT2D eigenvalue weighted by atomic mass is 16.5. The molecule has 96 valence electrons. The minimum atomic E-state index is -0.595. The Morgan fingerprint density at radius 2 is 2.47 bits per heavy atom. The van der Waals surface area contributed by atoms with Crippen LogP contribution in [0.3, 0.4) is 0 Å². The highest BCUT2D eigenvalue weighted by Crippen LogP contribution is 2.21. The second kappa shape index (κ2) is 5.62. The first-order valence-corrected chi connectivity index (χ1v) is 6.22. The molecule has 1 aromatic heterocycles. The average molecular weight is 239 g/mol. The van der Waals surface area contributed by atoms with E-state index in [0.29, 0.717) is 6.61 Å². The van der Waals surface area contributed by atoms with Crippen LogP contribution in [0.5, 0.6) is 0 Å². The van der Waals surface area contributed by atoms with Crippen LogP contribution >= 0.6 is 0 Å². The summed E-state index contributed by atoms with van der Waals surface area (Å²) < 4.78 is 7.36. The van der Waals surface area contributed by atoms with E-state index >= 15 is 0 Å². The molecule has 0 aliphatic carbocycles. The molecule has 0 bridgehead atoms. The number of aliphatic hydroxyl groups excluding tert-OH is 1. The molecule has 1 aliphatic heterocycles. The maximum atomic E-state index is 10.3. The van der Waals surface area contributed by atoms with Gasteiger partial charge in [0.2, 0.25) is 0 Å². The molecular weight excluding hydrogens is 218 g/mol. The minimum absolute atomic E-state index is 0.148. The van der Waals surface area contributed by atoms with Crippen LogP contribution in [-0.4, -0.2) is 52.1 Å². The van der Waals surface area contributed by atoms with E-state index in [1.54, 1.807) is 10.9 Å². The Balaban J connectivity index is 1.99. The Morgan fingerprint density at radius 1 is 1.65 bits per heavy atom. The van der Waals surface area contributed by atoms with E-state index in [-0.39, 0.29) is 6.10 Å². The Hall–Kier alpha value is -0.910. The molecular formula is C12H21N3O2. The fourth-order valence-corrected chi connectivity index (χ4v) is 2.31. The summed E-state index contributed by atoms with van der Waals surface area (Å²) >= 11 is 0. The number of hydrogen-bond donors (Lipinski definition) is 1. The van der Waals surface area contributed by atoms with Crippen molar-refractivity contribution in [3.05, 3.63) is 18.0 Å². The van der Waals surface area contributed by atoms with Crippen LogP contribution < -0.4 is 0 Å². The van der Waals surface area contributed by atoms with Crippen molar-refractivity contribution in [1.29, 1.82) is 0 Å². The van der Waals surface area contributed by atoms with Gasteiger partial charge in [0.1, 0.15) is 12.2 Å². The predicted octanol–water partition coefficient (Wildman–Crippen LogP) is 0.564. The van der Waals surface area contributed by atoms with E-state index in [4.69, 9.17) is 4.74 Å². The largest absolute Gasteiger partial charge is 0.384 e. The van der Waals surface area contributed by atoms with Gasteiger partial charge in [0.15, 0.2) is 0 Å². The van der Waals surface area contributed by atoms with Gasteiger partial charge in [-0.2, -0.15) is 5.10 Å². The van der Waals surface area contributed by atoms with Crippen molar-refractivity contribution in [2.24, 2.45) is 7.05 Å². The maximum absolute atomic E-state index is 10.3. The molecule has 2 atom stereocenters. The van der Waals surface area contributed by atoms with Crippen molar-refractivity contribution in [3.63, 3.8) is 0 Å². The quantitative estimate of drug-likeness (QED) is 0.834. The van der Waals surface area contributed by atoms with Gasteiger partial charge in [-0.05, 0) is 19.0 Å². The van der Waals surface area contributed by atoms with Gasteiger partial charge in [-0.25, -0.2) is 0 Å². The zero-order chi connectivity index (χ0) is 12.3. The van der Waals surface area contributed by atoms with Crippen molar-refractivity contribution >= 4 is 0 Å². The second-order valence-electron chi connectivity index (χ2n) is 4.53. The molecule has 1 fully saturated rings. The minimum Gasteiger partial charge on any atom is -0.384 e. The Labute approximate surface area is 102 Å². The molecule has 2 unspecified atom stereocenters. The molecule has 1 aromatic rings. The molecule has 2 heterocycles. The fourth-order valence-electron chi connectivity index (χ4n) is 2.31. The van der Waals surface area contributed by atoms with Crippen molar-refractivity contribution in [2.75, 3.05) is 26.2 Å². The summed E-state index contributed by atoms with van der Waals surface area (Å²) in [6.45, 7) is 5.68. The van der Waals surface area contributed by atoms with Crippen LogP contribution in [0.4, 0.5) is 0 Å². The van der Waals surface area contributed by atoms with Crippen molar-refractivity contribution < 1.29 is 9.84 Å². The van der Waals surface area contributed by atoms with Crippen molar-refractivity contribution in [3.8, 4) is 0 Å². The zero-order valence-electron chi connectivity index (χ0n) is 10.5. The first-order valence-electron chi connectivity index (χ1n) is 6.22. The third-order valence-electron chi connectivity index (χ3n) is 3.23. The second-order valence-corrected chi connectivity index (χ2v) is 4.53. The van der Waals surface area contributed by atoms with Gasteiger partial charge in [-0.3, -0.25) is 9.58 Å². The summed E-state index contributed by atoms with van der Waals surface area (Å²) in [5.74, 6) is 0. The first-order chi connectivity index (χ1) is 8.22. The Kier molecular flexibility index (Phi) is 4.15. The smallest absolute Gasteiger partial charge is 0.123 e. The summed E-state index contributed by atoms with van der Waals surface area (Å²) in [4.78, 5) is 2.34. The SMILES string of the molecule is CCCN1CCOC(C(O)c2ccnn2C)C1. The lowest BCUT2D eigenvalue weighted by atomic mass is 10.1. The van der Waals surface area contributed by atoms with E-state index in [0.717, 1.165) is 31.7 Å². The molecule has 0 radical (unpaired) electrons. The van der Waals surface area contributed by atoms with E-state index in [2.05, 4.69) is 16.9 Å². The van der Waals surface area contributed by atoms with E-state index in [1.807, 2.05) is 13.1 Å². The zero-order valence-corrected chi connectivity index (χ0v) is 10.5. The number of aryl methyl sites for hydroxylation is 1. The summed E-state index contributed by atoms with van der Waals surface area (Å²) in [5, 5.41) is 14.4. The van der Waals surface area contributed by atoms with Crippen molar-refractivity contribution in [2.45, 2.75) is 25.6 Å². The van der Waals surface area contributed by atoms with Crippen LogP contribution in [0.25, 0.3) is 0 Å². The fraction of sp³-hybridized carbons (Fsp3) is 0.750. The molecule has 1 aliphatic rings. The van der Waals surface area contributed by atoms with Gasteiger partial charge in [-0.1, -0.05) is 6.92 Å². The summed E-state index contributed by atoms with van der Waals surface area (Å²) in [6.07, 6.45) is 2.09. The summed E-state index contributed by atoms with van der Waals surface area (Å²) in [7, 11) is 1.84. The predicted molar refractivity (Wildman–Crippen MR) is 64.6 cm³/mol. The normalized spacial score (nSPS) is 23.8. The van der Waals surface area contributed by atoms with Crippen LogP contribution in [0, 0.1) is 0 Å². The van der Waals surface area contributed by atoms with Crippen LogP contribution in [0.2, 0.25) is 0 Å². The standard InChI is InChI=1S/C12H21N3O2/c1-3-6-15-7-8-17-11(9-15)12(16)10-4-5-13-14(10)2/h4-5,11-12,16H,3,6-9H2,1-2H3. The molecule has 0 aromatic carbocycles. The molecule has 1 saturated heterocycles. The molecule has 0 spiro atoms. The van der Waals surface area contributed by atoms with E-state index in [9.17, 15) is 5.11 Å². The molecule has 5 heteroatoms. The molecule has 1 N–H and O–H groups in total. The number of aliphatic hydroxyl groups is 1. The van der Waals surface area contributed by atoms with Crippen LogP contribution in [-0.2, 0) is 11.8 Å². The van der Waals surface area contributed by atoms with Gasteiger partial charge in [0.05, 0.1) is 12.3 Å². The summed E-state index contributed by atoms with van der Waals surface area (Å²) in [5.41, 5.74) is 0.813. The third-order valence-corrected chi connectivity index (χ3v) is 3.23. The lowest BCUT2D eigenvalue weighted by Crippen LogP contribution is -2.45. The van der Waals surface area contributed by atoms with Gasteiger partial charge in [0.25, 0.3) is 0 Å². The van der Waals surface area contributed by atoms with Gasteiger partial charge < -0.3 is 9.84 Å². The van der Waals surface area contributed by atoms with E-state index < -0.39 is 6.10 Å². The van der Waals surface area contributed by atoms with Crippen LogP contribution in [0.1, 0.15) is 25.1 Å². The molecule has 17 heavy (non-hydrogen) atoms. The van der Waals surface area contributed by atoms with E-state index in [1.165, 1.54) is 0 Å². The topological polar surface area (TPSA) is 50.5 Å². The molecule has 5 nitrogen and oxygen atoms in total. The molecule has 0 saturated carbocycles. The molecule has 2 rings (SSSR count). The number of ether oxygens (including phenoxy) is 1. The Morgan fingerprint density at radius 3 is 3.12 bits per heavy atom. The van der Waals surface area contributed by atoms with Gasteiger partial charge in [-0.15, -0.1) is 0 Å². The van der Waals surface area contributed by atoms with Crippen molar-refractivity contribution in [1.82, 2.24) is 14.7 Å². The highest BCUT2D eigenvalue weighted by Gasteiger charge is 2.28. The average Bonchev–Trinajstić information content (AvgIpc) is 2.75. The lowest BCUT2D eigenvalue weighted by Gasteiger charge is -2.35. The third kappa shape index (κ3) is 2.86. The monoisotopic (exact) mass is 239 g/mol. The Bertz CT molecular complexity index is 351. The van der Waals surface area contributed by atoms with Gasteiger partial charge >= 0.3 is 0 Å². The lowest BCUT2D eigenvalue weighted by molar-refractivity contribution is -0.0919. The highest BCUT2D eigenvalue weighted by molar-refractivity contribution is 5.06. The number of rotatable bonds is 4. The first kappa shape index (κ1) is 12.5. The van der Waals surface area contributed by atoms with Gasteiger partial charge in [0, 0.05) is 26.3 Å². The molecule has 0 amide bonds. The maximum Gasteiger partial charge on any atom is 0.123 e. The number of morpholine rings is 1.